The van der Waals surface area contributed by atoms with Gasteiger partial charge in [0.25, 0.3) is 0 Å². The molecule has 0 amide bonds. The minimum Gasteiger partial charge on any atom is -0.330 e. The van der Waals surface area contributed by atoms with Gasteiger partial charge in [-0.2, -0.15) is 0 Å². The predicted octanol–water partition coefficient (Wildman–Crippen LogP) is 3.42. The summed E-state index contributed by atoms with van der Waals surface area (Å²) in [5.41, 5.74) is 9.54. The van der Waals surface area contributed by atoms with E-state index >= 15 is 0 Å². The van der Waals surface area contributed by atoms with Crippen molar-refractivity contribution in [3.05, 3.63) is 77.9 Å². The van der Waals surface area contributed by atoms with Crippen LogP contribution in [0.3, 0.4) is 0 Å². The van der Waals surface area contributed by atoms with E-state index in [9.17, 15) is 0 Å². The summed E-state index contributed by atoms with van der Waals surface area (Å²) in [5, 5.41) is 0. The van der Waals surface area contributed by atoms with Gasteiger partial charge < -0.3 is 5.73 Å². The largest absolute Gasteiger partial charge is 0.330 e. The topological polar surface area (TPSA) is 26.0 Å². The van der Waals surface area contributed by atoms with Crippen LogP contribution in [0.2, 0.25) is 0 Å². The first-order valence-corrected chi connectivity index (χ1v) is 5.82. The van der Waals surface area contributed by atoms with Crippen molar-refractivity contribution in [3.63, 3.8) is 0 Å². The molecule has 0 aliphatic carbocycles. The Morgan fingerprint density at radius 1 is 0.941 bits per heavy atom. The van der Waals surface area contributed by atoms with E-state index in [2.05, 4.69) is 55.1 Å². The SMILES string of the molecule is C=Cc1ccc(C(CN)c2ccccc2)cc1. The fraction of sp³-hybridized carbons (Fsp3) is 0.125. The smallest absolute Gasteiger partial charge is 0.0212 e. The molecule has 2 rings (SSSR count). The average Bonchev–Trinajstić information content (AvgIpc) is 2.42. The molecule has 1 nitrogen and oxygen atoms in total. The van der Waals surface area contributed by atoms with Crippen LogP contribution < -0.4 is 5.73 Å². The first-order valence-electron chi connectivity index (χ1n) is 5.82. The number of nitrogens with two attached hydrogens (primary N) is 1. The van der Waals surface area contributed by atoms with E-state index in [1.807, 2.05) is 12.1 Å². The average molecular weight is 223 g/mol. The Bertz CT molecular complexity index is 471. The summed E-state index contributed by atoms with van der Waals surface area (Å²) < 4.78 is 0. The fourth-order valence-corrected chi connectivity index (χ4v) is 2.01. The molecular weight excluding hydrogens is 206 g/mol. The molecule has 1 heteroatoms. The first-order chi connectivity index (χ1) is 8.35. The molecule has 0 fully saturated rings. The van der Waals surface area contributed by atoms with Crippen molar-refractivity contribution in [1.82, 2.24) is 0 Å². The van der Waals surface area contributed by atoms with Crippen LogP contribution in [0.1, 0.15) is 22.6 Å². The van der Waals surface area contributed by atoms with Crippen molar-refractivity contribution < 1.29 is 0 Å². The van der Waals surface area contributed by atoms with E-state index in [0.717, 1.165) is 5.56 Å². The highest BCUT2D eigenvalue weighted by Gasteiger charge is 2.11. The number of hydrogen-bond acceptors (Lipinski definition) is 1. The van der Waals surface area contributed by atoms with E-state index in [4.69, 9.17) is 5.73 Å². The van der Waals surface area contributed by atoms with E-state index in [1.165, 1.54) is 11.1 Å². The summed E-state index contributed by atoms with van der Waals surface area (Å²) in [6.45, 7) is 4.38. The Hall–Kier alpha value is -1.86. The summed E-state index contributed by atoms with van der Waals surface area (Å²) >= 11 is 0. The van der Waals surface area contributed by atoms with Crippen molar-refractivity contribution >= 4 is 6.08 Å². The highest BCUT2D eigenvalue weighted by Crippen LogP contribution is 2.23. The molecule has 2 N–H and O–H groups in total. The minimum absolute atomic E-state index is 0.273. The Morgan fingerprint density at radius 3 is 2.06 bits per heavy atom. The molecule has 0 radical (unpaired) electrons. The van der Waals surface area contributed by atoms with Crippen LogP contribution in [0.5, 0.6) is 0 Å². The lowest BCUT2D eigenvalue weighted by atomic mass is 9.91. The molecule has 0 aliphatic rings. The molecule has 86 valence electrons. The number of rotatable bonds is 4. The lowest BCUT2D eigenvalue weighted by Gasteiger charge is -2.15. The molecule has 1 unspecified atom stereocenters. The molecule has 0 aliphatic heterocycles. The van der Waals surface area contributed by atoms with Crippen molar-refractivity contribution in [3.8, 4) is 0 Å². The number of benzene rings is 2. The zero-order chi connectivity index (χ0) is 12.1. The van der Waals surface area contributed by atoms with Gasteiger partial charge >= 0.3 is 0 Å². The zero-order valence-electron chi connectivity index (χ0n) is 9.84. The molecular formula is C16H17N. The molecule has 0 bridgehead atoms. The second-order valence-corrected chi connectivity index (χ2v) is 4.07. The van der Waals surface area contributed by atoms with Gasteiger partial charge in [-0.15, -0.1) is 0 Å². The maximum atomic E-state index is 5.89. The van der Waals surface area contributed by atoms with Gasteiger partial charge in [0, 0.05) is 12.5 Å². The summed E-state index contributed by atoms with van der Waals surface area (Å²) in [6.07, 6.45) is 1.85. The molecule has 1 atom stereocenters. The quantitative estimate of drug-likeness (QED) is 0.844. The number of hydrogen-bond donors (Lipinski definition) is 1. The maximum Gasteiger partial charge on any atom is 0.0212 e. The highest BCUT2D eigenvalue weighted by molar-refractivity contribution is 5.48. The van der Waals surface area contributed by atoms with Gasteiger partial charge in [0.1, 0.15) is 0 Å². The molecule has 0 saturated heterocycles. The van der Waals surface area contributed by atoms with Gasteiger partial charge in [0.15, 0.2) is 0 Å². The third-order valence-corrected chi connectivity index (χ3v) is 3.01. The maximum absolute atomic E-state index is 5.89. The van der Waals surface area contributed by atoms with Crippen molar-refractivity contribution in [2.45, 2.75) is 5.92 Å². The van der Waals surface area contributed by atoms with E-state index in [0.29, 0.717) is 6.54 Å². The standard InChI is InChI=1S/C16H17N/c1-2-13-8-10-15(11-9-13)16(12-17)14-6-4-3-5-7-14/h2-11,16H,1,12,17H2. The van der Waals surface area contributed by atoms with E-state index < -0.39 is 0 Å². The third-order valence-electron chi connectivity index (χ3n) is 3.01. The fourth-order valence-electron chi connectivity index (χ4n) is 2.01. The van der Waals surface area contributed by atoms with Crippen molar-refractivity contribution in [2.75, 3.05) is 6.54 Å². The Labute approximate surface area is 103 Å². The minimum atomic E-state index is 0.273. The molecule has 2 aromatic carbocycles. The lowest BCUT2D eigenvalue weighted by molar-refractivity contribution is 0.819. The van der Waals surface area contributed by atoms with Crippen LogP contribution in [-0.2, 0) is 0 Å². The van der Waals surface area contributed by atoms with E-state index in [-0.39, 0.29) is 5.92 Å². The molecule has 0 heterocycles. The van der Waals surface area contributed by atoms with Crippen LogP contribution in [0, 0.1) is 0 Å². The Morgan fingerprint density at radius 2 is 1.53 bits per heavy atom. The lowest BCUT2D eigenvalue weighted by Crippen LogP contribution is -2.13. The zero-order valence-corrected chi connectivity index (χ0v) is 9.84. The van der Waals surface area contributed by atoms with Crippen molar-refractivity contribution in [1.29, 1.82) is 0 Å². The Kier molecular flexibility index (Phi) is 3.73. The van der Waals surface area contributed by atoms with E-state index in [1.54, 1.807) is 0 Å². The summed E-state index contributed by atoms with van der Waals surface area (Å²) in [4.78, 5) is 0. The van der Waals surface area contributed by atoms with Gasteiger partial charge in [-0.25, -0.2) is 0 Å². The summed E-state index contributed by atoms with van der Waals surface area (Å²) in [5.74, 6) is 0.273. The molecule has 0 saturated carbocycles. The normalized spacial score (nSPS) is 12.1. The summed E-state index contributed by atoms with van der Waals surface area (Å²) in [6, 6.07) is 18.8. The van der Waals surface area contributed by atoms with Gasteiger partial charge in [-0.1, -0.05) is 67.3 Å². The molecule has 2 aromatic rings. The molecule has 17 heavy (non-hydrogen) atoms. The Balaban J connectivity index is 2.32. The second-order valence-electron chi connectivity index (χ2n) is 4.07. The van der Waals surface area contributed by atoms with Crippen LogP contribution in [0.4, 0.5) is 0 Å². The highest BCUT2D eigenvalue weighted by atomic mass is 14.5. The molecule has 0 aromatic heterocycles. The van der Waals surface area contributed by atoms with Crippen LogP contribution in [-0.4, -0.2) is 6.54 Å². The van der Waals surface area contributed by atoms with Crippen LogP contribution in [0.15, 0.2) is 61.2 Å². The van der Waals surface area contributed by atoms with Gasteiger partial charge in [0.2, 0.25) is 0 Å². The first kappa shape index (κ1) is 11.6. The summed E-state index contributed by atoms with van der Waals surface area (Å²) in [7, 11) is 0. The van der Waals surface area contributed by atoms with Gasteiger partial charge in [0.05, 0.1) is 0 Å². The second kappa shape index (κ2) is 5.46. The van der Waals surface area contributed by atoms with Crippen molar-refractivity contribution in [2.24, 2.45) is 5.73 Å². The third kappa shape index (κ3) is 2.63. The predicted molar refractivity (Wildman–Crippen MR) is 73.9 cm³/mol. The van der Waals surface area contributed by atoms with Gasteiger partial charge in [-0.3, -0.25) is 0 Å². The van der Waals surface area contributed by atoms with Gasteiger partial charge in [-0.05, 0) is 16.7 Å². The monoisotopic (exact) mass is 223 g/mol. The van der Waals surface area contributed by atoms with Crippen LogP contribution in [0.25, 0.3) is 6.08 Å². The van der Waals surface area contributed by atoms with Crippen LogP contribution >= 0.6 is 0 Å². The molecule has 0 spiro atoms.